The second-order valence-corrected chi connectivity index (χ2v) is 6.34. The van der Waals surface area contributed by atoms with Crippen LogP contribution in [0.4, 0.5) is 0 Å². The van der Waals surface area contributed by atoms with E-state index >= 15 is 0 Å². The number of carbonyl (C=O) groups is 2. The van der Waals surface area contributed by atoms with E-state index in [2.05, 4.69) is 5.32 Å². The molecule has 3 fully saturated rings. The fraction of sp³-hybridized carbons (Fsp3) is 0.800. The number of hydrogen-bond donors (Lipinski definition) is 3. The minimum Gasteiger partial charge on any atom is -0.480 e. The van der Waals surface area contributed by atoms with Gasteiger partial charge in [-0.2, -0.15) is 0 Å². The molecule has 3 N–H and O–H groups in total. The molecule has 3 heterocycles. The van der Waals surface area contributed by atoms with Crippen LogP contribution in [0.5, 0.6) is 0 Å². The van der Waals surface area contributed by atoms with Crippen molar-refractivity contribution < 1.29 is 19.8 Å². The summed E-state index contributed by atoms with van der Waals surface area (Å²) >= 11 is 1.31. The number of nitrogens with zero attached hydrogens (tertiary/aromatic N) is 1. The van der Waals surface area contributed by atoms with Crippen molar-refractivity contribution in [2.75, 3.05) is 13.1 Å². The van der Waals surface area contributed by atoms with E-state index in [4.69, 9.17) is 0 Å². The molecule has 0 saturated carbocycles. The number of amides is 1. The number of nitrogens with one attached hydrogen (secondary N) is 1. The first-order valence-corrected chi connectivity index (χ1v) is 6.48. The Hall–Kier alpha value is -0.790. The number of aliphatic hydroxyl groups is 1. The third-order valence-electron chi connectivity index (χ3n) is 3.77. The molecule has 0 aromatic heterocycles. The molecule has 3 saturated heterocycles. The Labute approximate surface area is 102 Å². The molecular weight excluding hydrogens is 244 g/mol. The van der Waals surface area contributed by atoms with Crippen LogP contribution in [0.1, 0.15) is 6.92 Å². The van der Waals surface area contributed by atoms with Gasteiger partial charge in [0.1, 0.15) is 4.75 Å². The molecular formula is C10H14N2O4S. The molecule has 0 aromatic rings. The van der Waals surface area contributed by atoms with Crippen LogP contribution in [0, 0.1) is 5.92 Å². The van der Waals surface area contributed by atoms with Crippen molar-refractivity contribution >= 4 is 23.6 Å². The highest BCUT2D eigenvalue weighted by Gasteiger charge is 2.66. The average molecular weight is 258 g/mol. The van der Waals surface area contributed by atoms with Gasteiger partial charge >= 0.3 is 5.97 Å². The summed E-state index contributed by atoms with van der Waals surface area (Å²) < 4.78 is -0.927. The van der Waals surface area contributed by atoms with E-state index in [1.165, 1.54) is 11.8 Å². The molecule has 4 unspecified atom stereocenters. The first kappa shape index (κ1) is 11.3. The van der Waals surface area contributed by atoms with Gasteiger partial charge in [0.25, 0.3) is 0 Å². The van der Waals surface area contributed by atoms with Crippen molar-refractivity contribution in [2.45, 2.75) is 29.2 Å². The molecule has 0 spiro atoms. The number of aliphatic hydroxyl groups excluding tert-OH is 1. The van der Waals surface area contributed by atoms with Crippen molar-refractivity contribution in [3.05, 3.63) is 0 Å². The van der Waals surface area contributed by atoms with Crippen LogP contribution in [0.3, 0.4) is 0 Å². The molecule has 1 amide bonds. The first-order chi connectivity index (χ1) is 7.97. The fourth-order valence-electron chi connectivity index (χ4n) is 2.65. The van der Waals surface area contributed by atoms with E-state index < -0.39 is 22.7 Å². The number of hydrogen-bond acceptors (Lipinski definition) is 5. The van der Waals surface area contributed by atoms with E-state index in [0.717, 1.165) is 0 Å². The molecule has 0 aliphatic carbocycles. The van der Waals surface area contributed by atoms with Gasteiger partial charge in [0.15, 0.2) is 0 Å². The minimum absolute atomic E-state index is 0.0574. The maximum Gasteiger partial charge on any atom is 0.323 e. The number of carboxylic acid groups (broad SMARTS) is 1. The summed E-state index contributed by atoms with van der Waals surface area (Å²) in [6, 6.07) is -0.0574. The number of carboxylic acids is 1. The van der Waals surface area contributed by atoms with Gasteiger partial charge in [-0.05, 0) is 6.92 Å². The lowest BCUT2D eigenvalue weighted by Crippen LogP contribution is -2.60. The molecule has 5 atom stereocenters. The second-order valence-electron chi connectivity index (χ2n) is 4.90. The zero-order valence-corrected chi connectivity index (χ0v) is 10.1. The Morgan fingerprint density at radius 3 is 2.82 bits per heavy atom. The lowest BCUT2D eigenvalue weighted by molar-refractivity contribution is -0.156. The molecule has 0 aromatic carbocycles. The zero-order valence-electron chi connectivity index (χ0n) is 9.29. The Morgan fingerprint density at radius 1 is 1.71 bits per heavy atom. The van der Waals surface area contributed by atoms with Crippen molar-refractivity contribution in [3.8, 4) is 0 Å². The monoisotopic (exact) mass is 258 g/mol. The van der Waals surface area contributed by atoms with Crippen LogP contribution in [0.15, 0.2) is 0 Å². The number of carbonyl (C=O) groups excluding carboxylic acids is 1. The molecule has 0 bridgehead atoms. The lowest BCUT2D eigenvalue weighted by atomic mass is 9.91. The van der Waals surface area contributed by atoms with Gasteiger partial charge in [0.2, 0.25) is 5.91 Å². The second kappa shape index (κ2) is 3.37. The quantitative estimate of drug-likeness (QED) is 0.429. The SMILES string of the molecule is CC(O)C1C(=O)N2CC(C(=O)O)(C3CN3)S[C@H]12. The van der Waals surface area contributed by atoms with Crippen LogP contribution in [0.2, 0.25) is 0 Å². The molecule has 0 radical (unpaired) electrons. The molecule has 6 nitrogen and oxygen atoms in total. The predicted octanol–water partition coefficient (Wildman–Crippen LogP) is -1.31. The van der Waals surface area contributed by atoms with E-state index in [1.54, 1.807) is 11.8 Å². The summed E-state index contributed by atoms with van der Waals surface area (Å²) in [6.07, 6.45) is -0.715. The number of aliphatic carboxylic acids is 1. The summed E-state index contributed by atoms with van der Waals surface area (Å²) in [7, 11) is 0. The number of thioether (sulfide) groups is 1. The van der Waals surface area contributed by atoms with Crippen molar-refractivity contribution in [1.82, 2.24) is 10.2 Å². The lowest BCUT2D eigenvalue weighted by Gasteiger charge is -2.42. The van der Waals surface area contributed by atoms with Gasteiger partial charge in [-0.25, -0.2) is 0 Å². The zero-order chi connectivity index (χ0) is 12.4. The summed E-state index contributed by atoms with van der Waals surface area (Å²) in [5.41, 5.74) is 0. The van der Waals surface area contributed by atoms with Gasteiger partial charge in [0, 0.05) is 19.1 Å². The average Bonchev–Trinajstić information content (AvgIpc) is 3.01. The minimum atomic E-state index is -0.927. The third kappa shape index (κ3) is 1.36. The summed E-state index contributed by atoms with van der Waals surface area (Å²) in [5, 5.41) is 21.8. The van der Waals surface area contributed by atoms with Gasteiger partial charge in [-0.1, -0.05) is 0 Å². The van der Waals surface area contributed by atoms with E-state index in [0.29, 0.717) is 6.54 Å². The molecule has 7 heteroatoms. The summed E-state index contributed by atoms with van der Waals surface area (Å²) in [5.74, 6) is -1.44. The van der Waals surface area contributed by atoms with E-state index in [1.807, 2.05) is 0 Å². The Bertz CT molecular complexity index is 398. The van der Waals surface area contributed by atoms with Crippen LogP contribution in [-0.2, 0) is 9.59 Å². The van der Waals surface area contributed by atoms with Crippen LogP contribution in [-0.4, -0.2) is 62.3 Å². The Morgan fingerprint density at radius 2 is 2.35 bits per heavy atom. The molecule has 17 heavy (non-hydrogen) atoms. The van der Waals surface area contributed by atoms with Gasteiger partial charge in [-0.15, -0.1) is 11.8 Å². The van der Waals surface area contributed by atoms with Gasteiger partial charge < -0.3 is 20.4 Å². The Balaban J connectivity index is 1.85. The predicted molar refractivity (Wildman–Crippen MR) is 60.4 cm³/mol. The van der Waals surface area contributed by atoms with Crippen molar-refractivity contribution in [1.29, 1.82) is 0 Å². The van der Waals surface area contributed by atoms with Crippen LogP contribution >= 0.6 is 11.8 Å². The molecule has 94 valence electrons. The van der Waals surface area contributed by atoms with Crippen molar-refractivity contribution in [2.24, 2.45) is 5.92 Å². The van der Waals surface area contributed by atoms with Gasteiger partial charge in [-0.3, -0.25) is 9.59 Å². The maximum atomic E-state index is 11.8. The number of fused-ring (bicyclic) bond motifs is 1. The van der Waals surface area contributed by atoms with Gasteiger partial charge in [0.05, 0.1) is 17.4 Å². The molecule has 3 rings (SSSR count). The topological polar surface area (TPSA) is 99.8 Å². The highest BCUT2D eigenvalue weighted by atomic mass is 32.2. The highest BCUT2D eigenvalue weighted by Crippen LogP contribution is 2.53. The highest BCUT2D eigenvalue weighted by molar-refractivity contribution is 8.02. The van der Waals surface area contributed by atoms with E-state index in [9.17, 15) is 19.8 Å². The first-order valence-electron chi connectivity index (χ1n) is 5.60. The fourth-order valence-corrected chi connectivity index (χ4v) is 4.53. The molecule has 3 aliphatic heterocycles. The third-order valence-corrected chi connectivity index (χ3v) is 5.57. The van der Waals surface area contributed by atoms with Crippen LogP contribution < -0.4 is 5.32 Å². The van der Waals surface area contributed by atoms with E-state index in [-0.39, 0.29) is 23.9 Å². The largest absolute Gasteiger partial charge is 0.480 e. The Kier molecular flexibility index (Phi) is 2.24. The van der Waals surface area contributed by atoms with Crippen LogP contribution in [0.25, 0.3) is 0 Å². The smallest absolute Gasteiger partial charge is 0.323 e. The van der Waals surface area contributed by atoms with Crippen molar-refractivity contribution in [3.63, 3.8) is 0 Å². The molecule has 3 aliphatic rings. The maximum absolute atomic E-state index is 11.8. The summed E-state index contributed by atoms with van der Waals surface area (Å²) in [4.78, 5) is 24.8. The number of rotatable bonds is 3. The normalized spacial score (nSPS) is 45.2. The number of β-lactam (4-membered cyclic amide) rings is 1. The summed E-state index contributed by atoms with van der Waals surface area (Å²) in [6.45, 7) is 2.52. The standard InChI is InChI=1S/C10H14N2O4S/c1-4(13)6-7(14)12-3-10(9(15)16,5-2-11-5)17-8(6)12/h4-6,8,11,13H,2-3H2,1H3,(H,15,16)/t4?,5?,6?,8-,10?/m1/s1.